The minimum Gasteiger partial charge on any atom is -0.462 e. The van der Waals surface area contributed by atoms with Gasteiger partial charge in [0, 0.05) is 5.69 Å². The van der Waals surface area contributed by atoms with Crippen molar-refractivity contribution in [2.45, 2.75) is 13.8 Å². The van der Waals surface area contributed by atoms with Gasteiger partial charge in [-0.25, -0.2) is 18.0 Å². The maximum atomic E-state index is 13.6. The highest BCUT2D eigenvalue weighted by Gasteiger charge is 2.19. The fraction of sp³-hybridized carbons (Fsp3) is 0.222. The van der Waals surface area contributed by atoms with Crippen molar-refractivity contribution in [1.29, 1.82) is 0 Å². The molecule has 0 radical (unpaired) electrons. The molecule has 0 fully saturated rings. The van der Waals surface area contributed by atoms with Crippen LogP contribution < -0.4 is 5.32 Å². The summed E-state index contributed by atoms with van der Waals surface area (Å²) in [5.74, 6) is -5.89. The molecule has 0 heterocycles. The average molecular weight is 351 g/mol. The molecule has 0 atom stereocenters. The van der Waals surface area contributed by atoms with E-state index in [0.717, 1.165) is 6.07 Å². The highest BCUT2D eigenvalue weighted by molar-refractivity contribution is 6.04. The summed E-state index contributed by atoms with van der Waals surface area (Å²) in [5.41, 5.74) is -0.0773. The number of hydrogen-bond acceptors (Lipinski definition) is 3. The molecular weight excluding hydrogens is 335 g/mol. The minimum absolute atomic E-state index is 0.202. The number of amides is 1. The molecule has 0 unspecified atom stereocenters. The number of halogens is 3. The number of carbonyl (C=O) groups excluding carboxylic acids is 2. The molecule has 2 aromatic carbocycles. The standard InChI is InChI=1S/C18H16F3NO3/c1-10(2)9-25-18(24)11-3-5-12(6-4-11)22-17(23)13-7-8-14(19)16(21)15(13)20/h3-8,10H,9H2,1-2H3,(H,22,23). The Balaban J connectivity index is 2.07. The van der Waals surface area contributed by atoms with Gasteiger partial charge in [0.15, 0.2) is 17.5 Å². The molecule has 25 heavy (non-hydrogen) atoms. The fourth-order valence-electron chi connectivity index (χ4n) is 1.92. The highest BCUT2D eigenvalue weighted by Crippen LogP contribution is 2.18. The molecule has 4 nitrogen and oxygen atoms in total. The number of esters is 1. The van der Waals surface area contributed by atoms with Crippen molar-refractivity contribution in [2.75, 3.05) is 11.9 Å². The Kier molecular flexibility index (Phi) is 5.80. The zero-order chi connectivity index (χ0) is 18.6. The van der Waals surface area contributed by atoms with Gasteiger partial charge in [-0.1, -0.05) is 13.8 Å². The highest BCUT2D eigenvalue weighted by atomic mass is 19.2. The van der Waals surface area contributed by atoms with Crippen LogP contribution in [0.3, 0.4) is 0 Å². The van der Waals surface area contributed by atoms with E-state index in [2.05, 4.69) is 5.32 Å². The van der Waals surface area contributed by atoms with Crippen LogP contribution in [0.15, 0.2) is 36.4 Å². The normalized spacial score (nSPS) is 10.6. The van der Waals surface area contributed by atoms with E-state index in [1.165, 1.54) is 24.3 Å². The van der Waals surface area contributed by atoms with E-state index in [1.54, 1.807) is 0 Å². The number of carbonyl (C=O) groups is 2. The van der Waals surface area contributed by atoms with E-state index in [9.17, 15) is 22.8 Å². The van der Waals surface area contributed by atoms with Crippen molar-refractivity contribution < 1.29 is 27.5 Å². The van der Waals surface area contributed by atoms with Crippen LogP contribution in [0.1, 0.15) is 34.6 Å². The Morgan fingerprint density at radius 2 is 1.64 bits per heavy atom. The van der Waals surface area contributed by atoms with Gasteiger partial charge in [0.2, 0.25) is 0 Å². The Labute approximate surface area is 142 Å². The van der Waals surface area contributed by atoms with Gasteiger partial charge in [-0.05, 0) is 42.3 Å². The van der Waals surface area contributed by atoms with Crippen molar-refractivity contribution in [3.05, 3.63) is 65.0 Å². The molecule has 1 amide bonds. The zero-order valence-corrected chi connectivity index (χ0v) is 13.6. The number of rotatable bonds is 5. The lowest BCUT2D eigenvalue weighted by molar-refractivity contribution is 0.0459. The van der Waals surface area contributed by atoms with E-state index in [-0.39, 0.29) is 23.8 Å². The molecule has 0 bridgehead atoms. The molecule has 0 aliphatic heterocycles. The van der Waals surface area contributed by atoms with E-state index in [0.29, 0.717) is 6.07 Å². The summed E-state index contributed by atoms with van der Waals surface area (Å²) in [5, 5.41) is 2.34. The second-order valence-electron chi connectivity index (χ2n) is 5.75. The monoisotopic (exact) mass is 351 g/mol. The molecule has 7 heteroatoms. The third kappa shape index (κ3) is 4.59. The van der Waals surface area contributed by atoms with Gasteiger partial charge in [0.05, 0.1) is 17.7 Å². The molecule has 2 rings (SSSR count). The predicted octanol–water partition coefficient (Wildman–Crippen LogP) is 4.17. The topological polar surface area (TPSA) is 55.4 Å². The number of ether oxygens (including phenoxy) is 1. The SMILES string of the molecule is CC(C)COC(=O)c1ccc(NC(=O)c2ccc(F)c(F)c2F)cc1. The molecule has 0 spiro atoms. The second kappa shape index (κ2) is 7.83. The summed E-state index contributed by atoms with van der Waals surface area (Å²) in [6.45, 7) is 4.10. The van der Waals surface area contributed by atoms with Crippen LogP contribution in [0.5, 0.6) is 0 Å². The van der Waals surface area contributed by atoms with Crippen molar-refractivity contribution in [3.63, 3.8) is 0 Å². The lowest BCUT2D eigenvalue weighted by atomic mass is 10.1. The third-order valence-electron chi connectivity index (χ3n) is 3.21. The molecule has 1 N–H and O–H groups in total. The first kappa shape index (κ1) is 18.5. The number of hydrogen-bond donors (Lipinski definition) is 1. The van der Waals surface area contributed by atoms with E-state index < -0.39 is 34.9 Å². The van der Waals surface area contributed by atoms with Crippen LogP contribution in [0.4, 0.5) is 18.9 Å². The van der Waals surface area contributed by atoms with E-state index in [1.807, 2.05) is 13.8 Å². The van der Waals surface area contributed by atoms with Crippen LogP contribution in [0.25, 0.3) is 0 Å². The Morgan fingerprint density at radius 1 is 1.00 bits per heavy atom. The predicted molar refractivity (Wildman–Crippen MR) is 85.8 cm³/mol. The molecule has 0 aliphatic carbocycles. The first-order valence-corrected chi connectivity index (χ1v) is 7.51. The van der Waals surface area contributed by atoms with Gasteiger partial charge in [0.25, 0.3) is 5.91 Å². The van der Waals surface area contributed by atoms with Crippen LogP contribution >= 0.6 is 0 Å². The van der Waals surface area contributed by atoms with Crippen molar-refractivity contribution in [3.8, 4) is 0 Å². The molecule has 0 saturated carbocycles. The molecule has 0 aliphatic rings. The maximum absolute atomic E-state index is 13.6. The van der Waals surface area contributed by atoms with Crippen LogP contribution in [-0.4, -0.2) is 18.5 Å². The summed E-state index contributed by atoms with van der Waals surface area (Å²) in [6, 6.07) is 7.21. The molecule has 2 aromatic rings. The molecule has 0 aromatic heterocycles. The largest absolute Gasteiger partial charge is 0.462 e. The van der Waals surface area contributed by atoms with Crippen LogP contribution in [0.2, 0.25) is 0 Å². The van der Waals surface area contributed by atoms with Gasteiger partial charge in [-0.2, -0.15) is 0 Å². The summed E-state index contributed by atoms with van der Waals surface area (Å²) in [4.78, 5) is 23.7. The van der Waals surface area contributed by atoms with Crippen molar-refractivity contribution in [2.24, 2.45) is 5.92 Å². The van der Waals surface area contributed by atoms with Crippen molar-refractivity contribution in [1.82, 2.24) is 0 Å². The summed E-state index contributed by atoms with van der Waals surface area (Å²) in [6.07, 6.45) is 0. The Bertz CT molecular complexity index is 789. The zero-order valence-electron chi connectivity index (χ0n) is 13.6. The maximum Gasteiger partial charge on any atom is 0.338 e. The lowest BCUT2D eigenvalue weighted by Gasteiger charge is -2.09. The second-order valence-corrected chi connectivity index (χ2v) is 5.75. The van der Waals surface area contributed by atoms with Crippen molar-refractivity contribution >= 4 is 17.6 Å². The molecular formula is C18H16F3NO3. The number of nitrogens with one attached hydrogen (secondary N) is 1. The minimum atomic E-state index is -1.71. The van der Waals surface area contributed by atoms with Crippen LogP contribution in [-0.2, 0) is 4.74 Å². The summed E-state index contributed by atoms with van der Waals surface area (Å²) >= 11 is 0. The summed E-state index contributed by atoms with van der Waals surface area (Å²) < 4.78 is 44.7. The Morgan fingerprint density at radius 3 is 2.24 bits per heavy atom. The van der Waals surface area contributed by atoms with E-state index in [4.69, 9.17) is 4.74 Å². The van der Waals surface area contributed by atoms with Gasteiger partial charge < -0.3 is 10.1 Å². The Hall–Kier alpha value is -2.83. The summed E-state index contributed by atoms with van der Waals surface area (Å²) in [7, 11) is 0. The smallest absolute Gasteiger partial charge is 0.338 e. The fourth-order valence-corrected chi connectivity index (χ4v) is 1.92. The first-order chi connectivity index (χ1) is 11.8. The lowest BCUT2D eigenvalue weighted by Crippen LogP contribution is -2.15. The number of anilines is 1. The van der Waals surface area contributed by atoms with Crippen LogP contribution in [0, 0.1) is 23.4 Å². The molecule has 0 saturated heterocycles. The van der Waals surface area contributed by atoms with Gasteiger partial charge in [-0.3, -0.25) is 4.79 Å². The first-order valence-electron chi connectivity index (χ1n) is 7.51. The quantitative estimate of drug-likeness (QED) is 0.650. The average Bonchev–Trinajstić information content (AvgIpc) is 2.58. The van der Waals surface area contributed by atoms with Gasteiger partial charge in [0.1, 0.15) is 0 Å². The molecule has 132 valence electrons. The number of benzene rings is 2. The van der Waals surface area contributed by atoms with Gasteiger partial charge >= 0.3 is 5.97 Å². The van der Waals surface area contributed by atoms with E-state index >= 15 is 0 Å². The van der Waals surface area contributed by atoms with Gasteiger partial charge in [-0.15, -0.1) is 0 Å². The third-order valence-corrected chi connectivity index (χ3v) is 3.21.